The van der Waals surface area contributed by atoms with Gasteiger partial charge in [0.25, 0.3) is 0 Å². The van der Waals surface area contributed by atoms with E-state index in [9.17, 15) is 14.7 Å². The molecule has 1 aliphatic heterocycles. The van der Waals surface area contributed by atoms with E-state index in [0.29, 0.717) is 25.3 Å². The zero-order valence-corrected chi connectivity index (χ0v) is 12.5. The van der Waals surface area contributed by atoms with E-state index in [2.05, 4.69) is 0 Å². The molecule has 1 aliphatic rings. The number of benzene rings is 1. The van der Waals surface area contributed by atoms with Gasteiger partial charge in [0.1, 0.15) is 6.04 Å². The number of carbonyl (C=O) groups excluding carboxylic acids is 1. The maximum atomic E-state index is 12.5. The number of hydrogen-bond donors (Lipinski definition) is 2. The van der Waals surface area contributed by atoms with Gasteiger partial charge < -0.3 is 15.7 Å². The highest BCUT2D eigenvalue weighted by Gasteiger charge is 2.36. The Morgan fingerprint density at radius 3 is 2.52 bits per heavy atom. The molecule has 1 amide bonds. The van der Waals surface area contributed by atoms with Gasteiger partial charge in [0.15, 0.2) is 0 Å². The van der Waals surface area contributed by atoms with E-state index in [0.717, 1.165) is 11.1 Å². The van der Waals surface area contributed by atoms with Crippen LogP contribution >= 0.6 is 0 Å². The molecule has 0 saturated heterocycles. The fourth-order valence-electron chi connectivity index (χ4n) is 2.80. The van der Waals surface area contributed by atoms with Crippen molar-refractivity contribution in [1.82, 2.24) is 4.90 Å². The van der Waals surface area contributed by atoms with E-state index in [-0.39, 0.29) is 5.91 Å². The molecule has 0 spiro atoms. The van der Waals surface area contributed by atoms with Crippen molar-refractivity contribution in [3.63, 3.8) is 0 Å². The summed E-state index contributed by atoms with van der Waals surface area (Å²) in [6, 6.07) is 6.17. The number of hydrogen-bond acceptors (Lipinski definition) is 3. The monoisotopic (exact) mass is 290 g/mol. The SMILES string of the molecule is CC(C)C[C@H](N)C(=O)N1Cc2ccccc2C[C@H]1C(=O)O. The van der Waals surface area contributed by atoms with E-state index in [1.807, 2.05) is 38.1 Å². The Morgan fingerprint density at radius 2 is 1.95 bits per heavy atom. The van der Waals surface area contributed by atoms with Crippen LogP contribution in [0.4, 0.5) is 0 Å². The Labute approximate surface area is 124 Å². The van der Waals surface area contributed by atoms with Gasteiger partial charge >= 0.3 is 5.97 Å². The van der Waals surface area contributed by atoms with Crippen LogP contribution < -0.4 is 5.73 Å². The lowest BCUT2D eigenvalue weighted by atomic mass is 9.92. The average Bonchev–Trinajstić information content (AvgIpc) is 2.44. The number of aliphatic carboxylic acids is 1. The van der Waals surface area contributed by atoms with Crippen molar-refractivity contribution in [3.8, 4) is 0 Å². The highest BCUT2D eigenvalue weighted by molar-refractivity contribution is 5.87. The minimum Gasteiger partial charge on any atom is -0.480 e. The molecule has 0 fully saturated rings. The Kier molecular flexibility index (Phi) is 4.63. The Hall–Kier alpha value is -1.88. The van der Waals surface area contributed by atoms with Crippen LogP contribution in [0.3, 0.4) is 0 Å². The quantitative estimate of drug-likeness (QED) is 0.878. The van der Waals surface area contributed by atoms with Crippen molar-refractivity contribution in [3.05, 3.63) is 35.4 Å². The van der Waals surface area contributed by atoms with E-state index >= 15 is 0 Å². The molecule has 114 valence electrons. The molecule has 21 heavy (non-hydrogen) atoms. The van der Waals surface area contributed by atoms with Crippen molar-refractivity contribution in [2.45, 2.75) is 45.3 Å². The fraction of sp³-hybridized carbons (Fsp3) is 0.500. The number of amides is 1. The summed E-state index contributed by atoms with van der Waals surface area (Å²) in [5.74, 6) is -0.954. The lowest BCUT2D eigenvalue weighted by Gasteiger charge is -2.36. The van der Waals surface area contributed by atoms with Crippen molar-refractivity contribution < 1.29 is 14.7 Å². The molecule has 1 aromatic carbocycles. The highest BCUT2D eigenvalue weighted by Crippen LogP contribution is 2.24. The third-order valence-electron chi connectivity index (χ3n) is 3.86. The minimum absolute atomic E-state index is 0.273. The minimum atomic E-state index is -0.977. The molecule has 0 bridgehead atoms. The first-order valence-electron chi connectivity index (χ1n) is 7.25. The van der Waals surface area contributed by atoms with Crippen molar-refractivity contribution in [2.24, 2.45) is 11.7 Å². The summed E-state index contributed by atoms with van der Waals surface area (Å²) in [6.07, 6.45) is 0.898. The second-order valence-electron chi connectivity index (χ2n) is 6.03. The van der Waals surface area contributed by atoms with Gasteiger partial charge in [-0.15, -0.1) is 0 Å². The Bertz CT molecular complexity index is 542. The molecule has 3 N–H and O–H groups in total. The Morgan fingerprint density at radius 1 is 1.33 bits per heavy atom. The summed E-state index contributed by atoms with van der Waals surface area (Å²) in [7, 11) is 0. The largest absolute Gasteiger partial charge is 0.480 e. The summed E-state index contributed by atoms with van der Waals surface area (Å²) < 4.78 is 0. The molecule has 0 unspecified atom stereocenters. The first-order valence-corrected chi connectivity index (χ1v) is 7.25. The topological polar surface area (TPSA) is 83.6 Å². The standard InChI is InChI=1S/C16H22N2O3/c1-10(2)7-13(17)15(19)18-9-12-6-4-3-5-11(12)8-14(18)16(20)21/h3-6,10,13-14H,7-9,17H2,1-2H3,(H,20,21)/t13-,14-/m0/s1. The van der Waals surface area contributed by atoms with Crippen molar-refractivity contribution in [1.29, 1.82) is 0 Å². The smallest absolute Gasteiger partial charge is 0.326 e. The normalized spacial score (nSPS) is 19.2. The predicted octanol–water partition coefficient (Wildman–Crippen LogP) is 1.40. The molecule has 2 rings (SSSR count). The maximum Gasteiger partial charge on any atom is 0.326 e. The van der Waals surface area contributed by atoms with Crippen molar-refractivity contribution in [2.75, 3.05) is 0 Å². The van der Waals surface area contributed by atoms with Crippen LogP contribution in [-0.2, 0) is 22.6 Å². The maximum absolute atomic E-state index is 12.5. The number of nitrogens with zero attached hydrogens (tertiary/aromatic N) is 1. The van der Waals surface area contributed by atoms with Crippen LogP contribution in [0.15, 0.2) is 24.3 Å². The van der Waals surface area contributed by atoms with Crippen LogP contribution in [-0.4, -0.2) is 34.0 Å². The summed E-state index contributed by atoms with van der Waals surface area (Å²) in [6.45, 7) is 4.30. The zero-order chi connectivity index (χ0) is 15.6. The van der Waals surface area contributed by atoms with Gasteiger partial charge in [-0.2, -0.15) is 0 Å². The molecular weight excluding hydrogens is 268 g/mol. The first kappa shape index (κ1) is 15.5. The molecular formula is C16H22N2O3. The zero-order valence-electron chi connectivity index (χ0n) is 12.5. The molecule has 5 heteroatoms. The van der Waals surface area contributed by atoms with E-state index in [1.165, 1.54) is 4.90 Å². The summed E-state index contributed by atoms with van der Waals surface area (Å²) in [5, 5.41) is 9.41. The van der Waals surface area contributed by atoms with Gasteiger partial charge in [0.05, 0.1) is 6.04 Å². The molecule has 0 radical (unpaired) electrons. The second kappa shape index (κ2) is 6.26. The lowest BCUT2D eigenvalue weighted by Crippen LogP contribution is -2.54. The molecule has 1 heterocycles. The number of carboxylic acid groups (broad SMARTS) is 1. The molecule has 0 aromatic heterocycles. The number of rotatable bonds is 4. The van der Waals surface area contributed by atoms with Gasteiger partial charge in [-0.3, -0.25) is 4.79 Å². The highest BCUT2D eigenvalue weighted by atomic mass is 16.4. The van der Waals surface area contributed by atoms with Crippen LogP contribution in [0.2, 0.25) is 0 Å². The number of carboxylic acids is 1. The van der Waals surface area contributed by atoms with Gasteiger partial charge in [0.2, 0.25) is 5.91 Å². The lowest BCUT2D eigenvalue weighted by molar-refractivity contribution is -0.152. The van der Waals surface area contributed by atoms with E-state index in [4.69, 9.17) is 5.73 Å². The number of carbonyl (C=O) groups is 2. The summed E-state index contributed by atoms with van der Waals surface area (Å²) >= 11 is 0. The molecule has 1 aromatic rings. The van der Waals surface area contributed by atoms with Crippen molar-refractivity contribution >= 4 is 11.9 Å². The predicted molar refractivity (Wildman–Crippen MR) is 79.6 cm³/mol. The van der Waals surface area contributed by atoms with Crippen LogP contribution in [0.5, 0.6) is 0 Å². The molecule has 2 atom stereocenters. The van der Waals surface area contributed by atoms with Gasteiger partial charge in [0, 0.05) is 13.0 Å². The molecule has 5 nitrogen and oxygen atoms in total. The van der Waals surface area contributed by atoms with Crippen LogP contribution in [0.1, 0.15) is 31.4 Å². The summed E-state index contributed by atoms with van der Waals surface area (Å²) in [5.41, 5.74) is 7.94. The van der Waals surface area contributed by atoms with Gasteiger partial charge in [-0.1, -0.05) is 38.1 Å². The van der Waals surface area contributed by atoms with E-state index < -0.39 is 18.1 Å². The average molecular weight is 290 g/mol. The third-order valence-corrected chi connectivity index (χ3v) is 3.86. The Balaban J connectivity index is 2.24. The number of nitrogens with two attached hydrogens (primary N) is 1. The summed E-state index contributed by atoms with van der Waals surface area (Å²) in [4.78, 5) is 25.4. The van der Waals surface area contributed by atoms with E-state index in [1.54, 1.807) is 0 Å². The van der Waals surface area contributed by atoms with Gasteiger partial charge in [-0.25, -0.2) is 4.79 Å². The first-order chi connectivity index (χ1) is 9.90. The molecule has 0 saturated carbocycles. The van der Waals surface area contributed by atoms with Gasteiger partial charge in [-0.05, 0) is 23.5 Å². The fourth-order valence-corrected chi connectivity index (χ4v) is 2.80. The molecule has 0 aliphatic carbocycles. The van der Waals surface area contributed by atoms with Crippen LogP contribution in [0, 0.1) is 5.92 Å². The third kappa shape index (κ3) is 3.42. The second-order valence-corrected chi connectivity index (χ2v) is 6.03. The van der Waals surface area contributed by atoms with Crippen LogP contribution in [0.25, 0.3) is 0 Å². The number of fused-ring (bicyclic) bond motifs is 1.